The van der Waals surface area contributed by atoms with Gasteiger partial charge in [0.25, 0.3) is 0 Å². The molecule has 0 radical (unpaired) electrons. The van der Waals surface area contributed by atoms with Crippen molar-refractivity contribution in [3.05, 3.63) is 11.9 Å². The number of hydrogen-bond donors (Lipinski definition) is 2. The zero-order valence-electron chi connectivity index (χ0n) is 7.99. The lowest BCUT2D eigenvalue weighted by Crippen LogP contribution is -2.29. The fourth-order valence-corrected chi connectivity index (χ4v) is 2.62. The van der Waals surface area contributed by atoms with Gasteiger partial charge in [-0.15, -0.1) is 12.4 Å². The summed E-state index contributed by atoms with van der Waals surface area (Å²) in [6.45, 7) is 2.35. The maximum atomic E-state index is 4.17. The molecule has 1 atom stereocenters. The molecule has 2 heterocycles. The van der Waals surface area contributed by atoms with Crippen molar-refractivity contribution >= 4 is 12.4 Å². The zero-order valence-corrected chi connectivity index (χ0v) is 8.81. The molecular weight excluding hydrogens is 200 g/mol. The van der Waals surface area contributed by atoms with Gasteiger partial charge in [-0.2, -0.15) is 15.4 Å². The van der Waals surface area contributed by atoms with Crippen molar-refractivity contribution in [2.24, 2.45) is 5.41 Å². The molecule has 3 rings (SSSR count). The number of piperidine rings is 1. The van der Waals surface area contributed by atoms with Crippen LogP contribution in [0.3, 0.4) is 0 Å². The number of aromatic amines is 1. The molecule has 1 saturated carbocycles. The van der Waals surface area contributed by atoms with Gasteiger partial charge in [0.1, 0.15) is 0 Å². The van der Waals surface area contributed by atoms with Crippen LogP contribution < -0.4 is 5.32 Å². The summed E-state index contributed by atoms with van der Waals surface area (Å²) in [5.74, 6) is 0.688. The first-order valence-electron chi connectivity index (χ1n) is 4.97. The molecule has 1 aromatic heterocycles. The highest BCUT2D eigenvalue weighted by Gasteiger charge is 2.55. The van der Waals surface area contributed by atoms with E-state index in [0.29, 0.717) is 11.3 Å². The summed E-state index contributed by atoms with van der Waals surface area (Å²) in [7, 11) is 0. The van der Waals surface area contributed by atoms with Crippen LogP contribution in [0, 0.1) is 5.41 Å². The lowest BCUT2D eigenvalue weighted by molar-refractivity contribution is 0.341. The Morgan fingerprint density at radius 3 is 2.79 bits per heavy atom. The normalized spacial score (nSPS) is 28.4. The smallest absolute Gasteiger partial charge is 0.0861 e. The van der Waals surface area contributed by atoms with Gasteiger partial charge < -0.3 is 5.32 Å². The van der Waals surface area contributed by atoms with Crippen molar-refractivity contribution in [2.45, 2.75) is 25.2 Å². The fourth-order valence-electron chi connectivity index (χ4n) is 2.62. The highest BCUT2D eigenvalue weighted by atomic mass is 35.5. The maximum Gasteiger partial charge on any atom is 0.0861 e. The largest absolute Gasteiger partial charge is 0.317 e. The first kappa shape index (κ1) is 9.93. The van der Waals surface area contributed by atoms with E-state index in [1.807, 2.05) is 6.20 Å². The molecule has 2 N–H and O–H groups in total. The second kappa shape index (κ2) is 3.51. The Balaban J connectivity index is 0.000000750. The molecule has 1 spiro atoms. The van der Waals surface area contributed by atoms with E-state index in [1.54, 1.807) is 0 Å². The number of nitrogens with one attached hydrogen (secondary N) is 2. The molecule has 1 aliphatic heterocycles. The highest BCUT2D eigenvalue weighted by molar-refractivity contribution is 5.85. The SMILES string of the molecule is Cl.c1n[nH]nc1C1CC12CCNCC2. The Morgan fingerprint density at radius 1 is 1.36 bits per heavy atom. The van der Waals surface area contributed by atoms with Crippen LogP contribution in [-0.2, 0) is 0 Å². The van der Waals surface area contributed by atoms with Gasteiger partial charge >= 0.3 is 0 Å². The molecule has 0 amide bonds. The minimum Gasteiger partial charge on any atom is -0.317 e. The average molecular weight is 215 g/mol. The van der Waals surface area contributed by atoms with E-state index in [2.05, 4.69) is 20.7 Å². The Morgan fingerprint density at radius 2 is 2.14 bits per heavy atom. The first-order chi connectivity index (χ1) is 6.41. The number of halogens is 1. The minimum absolute atomic E-state index is 0. The van der Waals surface area contributed by atoms with Gasteiger partial charge in [-0.3, -0.25) is 0 Å². The predicted molar refractivity (Wildman–Crippen MR) is 55.5 cm³/mol. The Hall–Kier alpha value is -0.610. The van der Waals surface area contributed by atoms with E-state index < -0.39 is 0 Å². The third-order valence-electron chi connectivity index (χ3n) is 3.58. The molecule has 1 aromatic rings. The lowest BCUT2D eigenvalue weighted by atomic mass is 9.91. The summed E-state index contributed by atoms with van der Waals surface area (Å²) in [6, 6.07) is 0. The van der Waals surface area contributed by atoms with Crippen molar-refractivity contribution in [3.8, 4) is 0 Å². The van der Waals surface area contributed by atoms with Gasteiger partial charge in [0.2, 0.25) is 0 Å². The predicted octanol–water partition coefficient (Wildman–Crippen LogP) is 1.08. The molecule has 2 fully saturated rings. The number of hydrogen-bond acceptors (Lipinski definition) is 3. The molecule has 2 aliphatic rings. The van der Waals surface area contributed by atoms with Crippen molar-refractivity contribution in [1.82, 2.24) is 20.7 Å². The van der Waals surface area contributed by atoms with Crippen LogP contribution in [0.5, 0.6) is 0 Å². The molecule has 1 unspecified atom stereocenters. The topological polar surface area (TPSA) is 53.6 Å². The van der Waals surface area contributed by atoms with Gasteiger partial charge in [0, 0.05) is 5.92 Å². The highest BCUT2D eigenvalue weighted by Crippen LogP contribution is 2.63. The third-order valence-corrected chi connectivity index (χ3v) is 3.58. The van der Waals surface area contributed by atoms with Crippen molar-refractivity contribution in [2.75, 3.05) is 13.1 Å². The number of nitrogens with zero attached hydrogens (tertiary/aromatic N) is 2. The quantitative estimate of drug-likeness (QED) is 0.736. The summed E-state index contributed by atoms with van der Waals surface area (Å²) in [4.78, 5) is 0. The summed E-state index contributed by atoms with van der Waals surface area (Å²) >= 11 is 0. The van der Waals surface area contributed by atoms with Gasteiger partial charge in [-0.1, -0.05) is 0 Å². The fraction of sp³-hybridized carbons (Fsp3) is 0.778. The van der Waals surface area contributed by atoms with Crippen LogP contribution in [0.2, 0.25) is 0 Å². The van der Waals surface area contributed by atoms with Crippen LogP contribution in [0.15, 0.2) is 6.20 Å². The number of H-pyrrole nitrogens is 1. The molecule has 78 valence electrons. The summed E-state index contributed by atoms with van der Waals surface area (Å²) < 4.78 is 0. The molecule has 0 aromatic carbocycles. The standard InChI is InChI=1S/C9H14N4.ClH/c1-3-10-4-2-9(1)5-7(9)8-6-11-13-12-8;/h6-7,10H,1-5H2,(H,11,12,13);1H. The van der Waals surface area contributed by atoms with Crippen LogP contribution >= 0.6 is 12.4 Å². The first-order valence-corrected chi connectivity index (χ1v) is 4.97. The molecule has 14 heavy (non-hydrogen) atoms. The van der Waals surface area contributed by atoms with Gasteiger partial charge in [-0.25, -0.2) is 0 Å². The van der Waals surface area contributed by atoms with E-state index in [4.69, 9.17) is 0 Å². The van der Waals surface area contributed by atoms with Crippen molar-refractivity contribution < 1.29 is 0 Å². The van der Waals surface area contributed by atoms with Crippen LogP contribution in [0.4, 0.5) is 0 Å². The summed E-state index contributed by atoms with van der Waals surface area (Å²) in [6.07, 6.45) is 5.82. The second-order valence-electron chi connectivity index (χ2n) is 4.26. The third kappa shape index (κ3) is 1.42. The molecule has 1 aliphatic carbocycles. The summed E-state index contributed by atoms with van der Waals surface area (Å²) in [5, 5.41) is 14.1. The second-order valence-corrected chi connectivity index (χ2v) is 4.26. The van der Waals surface area contributed by atoms with Gasteiger partial charge in [-0.05, 0) is 37.8 Å². The molecule has 1 saturated heterocycles. The van der Waals surface area contributed by atoms with Crippen LogP contribution in [0.25, 0.3) is 0 Å². The Bertz CT molecular complexity index is 292. The Labute approximate surface area is 89.3 Å². The number of rotatable bonds is 1. The van der Waals surface area contributed by atoms with Crippen LogP contribution in [0.1, 0.15) is 30.9 Å². The van der Waals surface area contributed by atoms with E-state index >= 15 is 0 Å². The Kier molecular flexibility index (Phi) is 2.49. The van der Waals surface area contributed by atoms with Gasteiger partial charge in [0.05, 0.1) is 11.9 Å². The molecule has 0 bridgehead atoms. The minimum atomic E-state index is 0. The average Bonchev–Trinajstić information content (AvgIpc) is 2.68. The zero-order chi connectivity index (χ0) is 8.73. The maximum absolute atomic E-state index is 4.17. The van der Waals surface area contributed by atoms with Crippen molar-refractivity contribution in [1.29, 1.82) is 0 Å². The van der Waals surface area contributed by atoms with E-state index in [9.17, 15) is 0 Å². The molecule has 4 nitrogen and oxygen atoms in total. The van der Waals surface area contributed by atoms with E-state index in [0.717, 1.165) is 0 Å². The molecular formula is C9H15ClN4. The van der Waals surface area contributed by atoms with Gasteiger partial charge in [0.15, 0.2) is 0 Å². The lowest BCUT2D eigenvalue weighted by Gasteiger charge is -2.22. The summed E-state index contributed by atoms with van der Waals surface area (Å²) in [5.41, 5.74) is 1.75. The van der Waals surface area contributed by atoms with Crippen LogP contribution in [-0.4, -0.2) is 28.5 Å². The monoisotopic (exact) mass is 214 g/mol. The van der Waals surface area contributed by atoms with Crippen molar-refractivity contribution in [3.63, 3.8) is 0 Å². The van der Waals surface area contributed by atoms with E-state index in [-0.39, 0.29) is 12.4 Å². The van der Waals surface area contributed by atoms with E-state index in [1.165, 1.54) is 38.0 Å². The molecule has 5 heteroatoms. The number of aromatic nitrogens is 3.